The van der Waals surface area contributed by atoms with Gasteiger partial charge in [0, 0.05) is 36.1 Å². The van der Waals surface area contributed by atoms with Crippen molar-refractivity contribution in [1.82, 2.24) is 4.98 Å². The fourth-order valence-corrected chi connectivity index (χ4v) is 2.77. The maximum absolute atomic E-state index is 9.64. The summed E-state index contributed by atoms with van der Waals surface area (Å²) in [4.78, 5) is 6.23. The van der Waals surface area contributed by atoms with E-state index in [1.54, 1.807) is 6.92 Å². The summed E-state index contributed by atoms with van der Waals surface area (Å²) in [5.41, 5.74) is 3.33. The number of halogens is 1. The molecular formula is C16H19BrN2O. The lowest BCUT2D eigenvalue weighted by Crippen LogP contribution is -2.20. The Morgan fingerprint density at radius 1 is 1.25 bits per heavy atom. The number of aliphatic hydroxyl groups excluding tert-OH is 1. The van der Waals surface area contributed by atoms with E-state index in [1.807, 2.05) is 36.7 Å². The predicted octanol–water partition coefficient (Wildman–Crippen LogP) is 3.58. The van der Waals surface area contributed by atoms with Crippen LogP contribution in [0.1, 0.15) is 24.2 Å². The van der Waals surface area contributed by atoms with Crippen LogP contribution < -0.4 is 4.90 Å². The number of benzene rings is 1. The monoisotopic (exact) mass is 334 g/mol. The lowest BCUT2D eigenvalue weighted by atomic mass is 10.1. The Labute approximate surface area is 128 Å². The summed E-state index contributed by atoms with van der Waals surface area (Å²) in [6, 6.07) is 10.1. The summed E-state index contributed by atoms with van der Waals surface area (Å²) in [7, 11) is 2.07. The highest BCUT2D eigenvalue weighted by Crippen LogP contribution is 2.27. The van der Waals surface area contributed by atoms with Crippen molar-refractivity contribution in [3.05, 3.63) is 58.3 Å². The smallest absolute Gasteiger partial charge is 0.0772 e. The molecule has 3 nitrogen and oxygen atoms in total. The SMILES string of the molecule is C[C@@H](O)c1ccc(N(C)CCc2ccncc2)cc1Br. The van der Waals surface area contributed by atoms with Crippen molar-refractivity contribution in [2.45, 2.75) is 19.4 Å². The number of likely N-dealkylation sites (N-methyl/N-ethyl adjacent to an activating group) is 1. The van der Waals surface area contributed by atoms with Gasteiger partial charge in [-0.25, -0.2) is 0 Å². The van der Waals surface area contributed by atoms with Gasteiger partial charge in [0.1, 0.15) is 0 Å². The van der Waals surface area contributed by atoms with Gasteiger partial charge in [-0.3, -0.25) is 4.98 Å². The van der Waals surface area contributed by atoms with Gasteiger partial charge in [0.25, 0.3) is 0 Å². The Bertz CT molecular complexity index is 558. The first-order valence-corrected chi connectivity index (χ1v) is 7.45. The highest BCUT2D eigenvalue weighted by Gasteiger charge is 2.08. The second-order valence-electron chi connectivity index (χ2n) is 4.91. The fourth-order valence-electron chi connectivity index (χ4n) is 2.07. The molecule has 0 saturated heterocycles. The third-order valence-electron chi connectivity index (χ3n) is 3.36. The number of hydrogen-bond acceptors (Lipinski definition) is 3. The number of anilines is 1. The summed E-state index contributed by atoms with van der Waals surface area (Å²) in [6.45, 7) is 2.71. The van der Waals surface area contributed by atoms with Crippen molar-refractivity contribution < 1.29 is 5.11 Å². The highest BCUT2D eigenvalue weighted by molar-refractivity contribution is 9.10. The molecule has 0 aliphatic rings. The molecular weight excluding hydrogens is 316 g/mol. The summed E-state index contributed by atoms with van der Waals surface area (Å²) in [5, 5.41) is 9.64. The average molecular weight is 335 g/mol. The van der Waals surface area contributed by atoms with E-state index in [4.69, 9.17) is 0 Å². The molecule has 0 saturated carbocycles. The molecule has 20 heavy (non-hydrogen) atoms. The van der Waals surface area contributed by atoms with E-state index >= 15 is 0 Å². The van der Waals surface area contributed by atoms with Crippen molar-refractivity contribution in [3.8, 4) is 0 Å². The van der Waals surface area contributed by atoms with Gasteiger partial charge >= 0.3 is 0 Å². The molecule has 0 radical (unpaired) electrons. The van der Waals surface area contributed by atoms with Crippen LogP contribution >= 0.6 is 15.9 Å². The van der Waals surface area contributed by atoms with Crippen LogP contribution in [0.2, 0.25) is 0 Å². The molecule has 2 aromatic rings. The third-order valence-corrected chi connectivity index (χ3v) is 4.05. The van der Waals surface area contributed by atoms with Crippen molar-refractivity contribution >= 4 is 21.6 Å². The minimum atomic E-state index is -0.458. The molecule has 4 heteroatoms. The summed E-state index contributed by atoms with van der Waals surface area (Å²) in [5.74, 6) is 0. The number of pyridine rings is 1. The van der Waals surface area contributed by atoms with Crippen LogP contribution in [0.5, 0.6) is 0 Å². The lowest BCUT2D eigenvalue weighted by Gasteiger charge is -2.21. The van der Waals surface area contributed by atoms with Crippen LogP contribution in [-0.4, -0.2) is 23.7 Å². The van der Waals surface area contributed by atoms with Gasteiger partial charge in [0.2, 0.25) is 0 Å². The van der Waals surface area contributed by atoms with E-state index in [2.05, 4.69) is 38.9 Å². The van der Waals surface area contributed by atoms with Crippen LogP contribution in [-0.2, 0) is 6.42 Å². The molecule has 1 atom stereocenters. The van der Waals surface area contributed by atoms with Crippen LogP contribution in [0.4, 0.5) is 5.69 Å². The largest absolute Gasteiger partial charge is 0.389 e. The Kier molecular flexibility index (Phi) is 5.15. The Morgan fingerprint density at radius 3 is 2.55 bits per heavy atom. The first-order valence-electron chi connectivity index (χ1n) is 6.65. The van der Waals surface area contributed by atoms with Gasteiger partial charge in [0.05, 0.1) is 6.10 Å². The van der Waals surface area contributed by atoms with Gasteiger partial charge in [0.15, 0.2) is 0 Å². The molecule has 0 bridgehead atoms. The molecule has 2 rings (SSSR count). The van der Waals surface area contributed by atoms with Crippen LogP contribution in [0.15, 0.2) is 47.2 Å². The zero-order valence-corrected chi connectivity index (χ0v) is 13.3. The Balaban J connectivity index is 2.02. The van der Waals surface area contributed by atoms with Crippen molar-refractivity contribution in [2.24, 2.45) is 0 Å². The third kappa shape index (κ3) is 3.81. The normalized spacial score (nSPS) is 12.2. The van der Waals surface area contributed by atoms with E-state index in [0.29, 0.717) is 0 Å². The molecule has 106 valence electrons. The molecule has 1 aromatic carbocycles. The zero-order valence-electron chi connectivity index (χ0n) is 11.8. The minimum absolute atomic E-state index is 0.458. The molecule has 1 N–H and O–H groups in total. The van der Waals surface area contributed by atoms with E-state index in [-0.39, 0.29) is 0 Å². The summed E-state index contributed by atoms with van der Waals surface area (Å²) >= 11 is 3.52. The fraction of sp³-hybridized carbons (Fsp3) is 0.312. The second kappa shape index (κ2) is 6.86. The number of aromatic nitrogens is 1. The average Bonchev–Trinajstić information content (AvgIpc) is 2.45. The van der Waals surface area contributed by atoms with E-state index in [9.17, 15) is 5.11 Å². The van der Waals surface area contributed by atoms with E-state index in [0.717, 1.165) is 28.7 Å². The predicted molar refractivity (Wildman–Crippen MR) is 86.0 cm³/mol. The standard InChI is InChI=1S/C16H19BrN2O/c1-12(20)15-4-3-14(11-16(15)17)19(2)10-7-13-5-8-18-9-6-13/h3-6,8-9,11-12,20H,7,10H2,1-2H3/t12-/m1/s1. The summed E-state index contributed by atoms with van der Waals surface area (Å²) < 4.78 is 0.945. The van der Waals surface area contributed by atoms with Crippen LogP contribution in [0, 0.1) is 0 Å². The zero-order chi connectivity index (χ0) is 14.5. The molecule has 1 aromatic heterocycles. The second-order valence-corrected chi connectivity index (χ2v) is 5.76. The van der Waals surface area contributed by atoms with Crippen molar-refractivity contribution in [3.63, 3.8) is 0 Å². The molecule has 0 spiro atoms. The van der Waals surface area contributed by atoms with E-state index in [1.165, 1.54) is 5.56 Å². The minimum Gasteiger partial charge on any atom is -0.389 e. The van der Waals surface area contributed by atoms with Crippen LogP contribution in [0.3, 0.4) is 0 Å². The molecule has 0 amide bonds. The number of aliphatic hydroxyl groups is 1. The van der Waals surface area contributed by atoms with Crippen molar-refractivity contribution in [1.29, 1.82) is 0 Å². The lowest BCUT2D eigenvalue weighted by molar-refractivity contribution is 0.198. The van der Waals surface area contributed by atoms with Gasteiger partial charge in [-0.1, -0.05) is 22.0 Å². The van der Waals surface area contributed by atoms with Gasteiger partial charge in [-0.15, -0.1) is 0 Å². The Morgan fingerprint density at radius 2 is 1.95 bits per heavy atom. The first-order chi connectivity index (χ1) is 9.58. The van der Waals surface area contributed by atoms with Crippen LogP contribution in [0.25, 0.3) is 0 Å². The van der Waals surface area contributed by atoms with Gasteiger partial charge < -0.3 is 10.0 Å². The number of hydrogen-bond donors (Lipinski definition) is 1. The van der Waals surface area contributed by atoms with Crippen molar-refractivity contribution in [2.75, 3.05) is 18.5 Å². The van der Waals surface area contributed by atoms with Gasteiger partial charge in [-0.2, -0.15) is 0 Å². The molecule has 0 aliphatic heterocycles. The molecule has 0 aliphatic carbocycles. The quantitative estimate of drug-likeness (QED) is 0.907. The summed E-state index contributed by atoms with van der Waals surface area (Å²) in [6.07, 6.45) is 4.17. The molecule has 0 fully saturated rings. The maximum atomic E-state index is 9.64. The number of nitrogens with zero attached hydrogens (tertiary/aromatic N) is 2. The first kappa shape index (κ1) is 15.0. The highest BCUT2D eigenvalue weighted by atomic mass is 79.9. The Hall–Kier alpha value is -1.39. The number of rotatable bonds is 5. The van der Waals surface area contributed by atoms with E-state index < -0.39 is 6.10 Å². The topological polar surface area (TPSA) is 36.4 Å². The molecule has 0 unspecified atom stereocenters. The maximum Gasteiger partial charge on any atom is 0.0772 e. The van der Waals surface area contributed by atoms with Gasteiger partial charge in [-0.05, 0) is 48.7 Å². The molecule has 1 heterocycles.